The van der Waals surface area contributed by atoms with Gasteiger partial charge in [0.2, 0.25) is 0 Å². The molecule has 10 heavy (non-hydrogen) atoms. The number of hydroxylamine groups is 1. The van der Waals surface area contributed by atoms with Crippen molar-refractivity contribution in [1.29, 1.82) is 0 Å². The van der Waals surface area contributed by atoms with Gasteiger partial charge in [-0.2, -0.15) is 11.4 Å². The molecule has 0 aliphatic rings. The molecule has 0 heterocycles. The van der Waals surface area contributed by atoms with Crippen LogP contribution in [0.25, 0.3) is 0 Å². The van der Waals surface area contributed by atoms with Gasteiger partial charge >= 0.3 is 12.4 Å². The highest BCUT2D eigenvalue weighted by Crippen LogP contribution is 1.77. The Hall–Kier alpha value is -1.14. The van der Waals surface area contributed by atoms with Crippen molar-refractivity contribution >= 4 is 12.4 Å². The minimum atomic E-state index is -0.568. The molecule has 0 bridgehead atoms. The quantitative estimate of drug-likeness (QED) is 0.279. The largest absolute Gasteiger partial charge is 0.374 e. The van der Waals surface area contributed by atoms with Gasteiger partial charge in [-0.05, 0) is 0 Å². The number of hydrogen-bond donors (Lipinski definition) is 2. The lowest BCUT2D eigenvalue weighted by molar-refractivity contribution is -0.146. The van der Waals surface area contributed by atoms with Crippen LogP contribution in [0.15, 0.2) is 0 Å². The smallest absolute Gasteiger partial charge is 0.325 e. The molecule has 0 amide bonds. The van der Waals surface area contributed by atoms with E-state index in [1.807, 2.05) is 0 Å². The third-order valence-electron chi connectivity index (χ3n) is 0.694. The molecule has 0 aromatic rings. The second-order valence-electron chi connectivity index (χ2n) is 1.35. The summed E-state index contributed by atoms with van der Waals surface area (Å²) in [6.45, 7) is 0.405. The van der Waals surface area contributed by atoms with E-state index in [2.05, 4.69) is 21.1 Å². The van der Waals surface area contributed by atoms with Gasteiger partial charge in [-0.3, -0.25) is 9.59 Å². The molecule has 0 aromatic heterocycles. The molecule has 0 aliphatic heterocycles. The van der Waals surface area contributed by atoms with Crippen LogP contribution in [0.2, 0.25) is 0 Å². The van der Waals surface area contributed by atoms with Crippen molar-refractivity contribution in [3.8, 4) is 0 Å². The van der Waals surface area contributed by atoms with Gasteiger partial charge in [-0.1, -0.05) is 0 Å². The summed E-state index contributed by atoms with van der Waals surface area (Å²) < 4.78 is 0. The Balaban J connectivity index is 3.03. The molecule has 0 aromatic carbocycles. The van der Waals surface area contributed by atoms with Gasteiger partial charge in [-0.15, -0.1) is 0 Å². The van der Waals surface area contributed by atoms with Gasteiger partial charge in [0.15, 0.2) is 0 Å². The number of rotatable bonds is 5. The predicted molar refractivity (Wildman–Crippen MR) is 30.0 cm³/mol. The number of hydrogen-bond acceptors (Lipinski definition) is 6. The van der Waals surface area contributed by atoms with Crippen LogP contribution in [-0.2, 0) is 19.3 Å². The lowest BCUT2D eigenvalue weighted by Crippen LogP contribution is -2.20. The molecule has 0 unspecified atom stereocenters. The molecule has 0 atom stereocenters. The number of carbonyl (C=O) groups is 2. The predicted octanol–water partition coefficient (Wildman–Crippen LogP) is -1.53. The summed E-state index contributed by atoms with van der Waals surface area (Å²) in [6.07, 6.45) is 0.0599. The summed E-state index contributed by atoms with van der Waals surface area (Å²) in [5.74, 6) is 3.93. The van der Waals surface area contributed by atoms with E-state index in [1.165, 1.54) is 0 Å². The van der Waals surface area contributed by atoms with Crippen LogP contribution >= 0.6 is 0 Å². The summed E-state index contributed by atoms with van der Waals surface area (Å²) in [6, 6.07) is 0. The summed E-state index contributed by atoms with van der Waals surface area (Å²) in [4.78, 5) is 27.6. The van der Waals surface area contributed by atoms with Crippen LogP contribution in [0.3, 0.4) is 0 Å². The van der Waals surface area contributed by atoms with Crippen molar-refractivity contribution < 1.29 is 19.3 Å². The van der Waals surface area contributed by atoms with Crippen molar-refractivity contribution in [3.05, 3.63) is 0 Å². The van der Waals surface area contributed by atoms with Crippen molar-refractivity contribution in [1.82, 2.24) is 5.48 Å². The van der Waals surface area contributed by atoms with E-state index < -0.39 is 5.97 Å². The molecular formula is C4H8N2O4. The number of nitrogens with two attached hydrogens (primary N) is 1. The maximum Gasteiger partial charge on any atom is 0.325 e. The Morgan fingerprint density at radius 1 is 1.70 bits per heavy atom. The lowest BCUT2D eigenvalue weighted by atomic mass is 10.4. The van der Waals surface area contributed by atoms with E-state index in [-0.39, 0.29) is 19.4 Å². The Labute approximate surface area is 57.2 Å². The zero-order valence-corrected chi connectivity index (χ0v) is 5.20. The summed E-state index contributed by atoms with van der Waals surface area (Å²) >= 11 is 0. The van der Waals surface area contributed by atoms with Crippen LogP contribution in [0.1, 0.15) is 6.42 Å². The average molecular weight is 148 g/mol. The van der Waals surface area contributed by atoms with Crippen molar-refractivity contribution in [2.45, 2.75) is 6.42 Å². The molecule has 0 fully saturated rings. The molecule has 6 nitrogen and oxygen atoms in total. The van der Waals surface area contributed by atoms with E-state index in [0.717, 1.165) is 0 Å². The van der Waals surface area contributed by atoms with Gasteiger partial charge < -0.3 is 9.68 Å². The molecular weight excluding hydrogens is 140 g/mol. The van der Waals surface area contributed by atoms with Crippen LogP contribution < -0.4 is 11.4 Å². The monoisotopic (exact) mass is 148 g/mol. The van der Waals surface area contributed by atoms with Crippen molar-refractivity contribution in [2.75, 3.05) is 6.54 Å². The highest BCUT2D eigenvalue weighted by molar-refractivity contribution is 5.69. The van der Waals surface area contributed by atoms with E-state index in [9.17, 15) is 9.59 Å². The minimum absolute atomic E-state index is 0.0599. The van der Waals surface area contributed by atoms with Crippen molar-refractivity contribution in [3.63, 3.8) is 0 Å². The lowest BCUT2D eigenvalue weighted by Gasteiger charge is -1.97. The molecule has 0 rings (SSSR count). The first-order valence-corrected chi connectivity index (χ1v) is 2.53. The fourth-order valence-electron chi connectivity index (χ4n) is 0.305. The molecule has 0 saturated carbocycles. The first-order chi connectivity index (χ1) is 4.81. The fourth-order valence-corrected chi connectivity index (χ4v) is 0.305. The van der Waals surface area contributed by atoms with Crippen molar-refractivity contribution in [2.24, 2.45) is 5.90 Å². The molecule has 0 saturated heterocycles. The second kappa shape index (κ2) is 5.99. The Kier molecular flexibility index (Phi) is 5.30. The first kappa shape index (κ1) is 8.86. The van der Waals surface area contributed by atoms with E-state index in [0.29, 0.717) is 0 Å². The van der Waals surface area contributed by atoms with Crippen LogP contribution in [-0.4, -0.2) is 19.0 Å². The van der Waals surface area contributed by atoms with Crippen LogP contribution in [0.4, 0.5) is 0 Å². The molecule has 0 radical (unpaired) electrons. The highest BCUT2D eigenvalue weighted by atomic mass is 16.7. The van der Waals surface area contributed by atoms with Crippen LogP contribution in [0, 0.1) is 0 Å². The zero-order valence-electron chi connectivity index (χ0n) is 5.20. The van der Waals surface area contributed by atoms with E-state index in [1.54, 1.807) is 0 Å². The van der Waals surface area contributed by atoms with E-state index in [4.69, 9.17) is 0 Å². The Morgan fingerprint density at radius 2 is 2.40 bits per heavy atom. The maximum atomic E-state index is 10.2. The molecule has 0 aliphatic carbocycles. The normalized spacial score (nSPS) is 8.50. The van der Waals surface area contributed by atoms with Gasteiger partial charge in [0.1, 0.15) is 0 Å². The summed E-state index contributed by atoms with van der Waals surface area (Å²) in [7, 11) is 0. The van der Waals surface area contributed by atoms with Crippen LogP contribution in [0.5, 0.6) is 0 Å². The Bertz CT molecular complexity index is 116. The standard InChI is InChI=1S/C4H8N2O4/c5-10-4(8)1-2-6-9-3-7/h3,6H,1-2,5H2. The van der Waals surface area contributed by atoms with Gasteiger partial charge in [0, 0.05) is 6.54 Å². The van der Waals surface area contributed by atoms with Gasteiger partial charge in [-0.25, -0.2) is 0 Å². The summed E-state index contributed by atoms with van der Waals surface area (Å²) in [5, 5.41) is 0. The zero-order chi connectivity index (χ0) is 7.82. The SMILES string of the molecule is NOC(=O)CCNOC=O. The maximum absolute atomic E-state index is 10.2. The summed E-state index contributed by atoms with van der Waals surface area (Å²) in [5.41, 5.74) is 2.18. The highest BCUT2D eigenvalue weighted by Gasteiger charge is 1.98. The number of carbonyl (C=O) groups excluding carboxylic acids is 2. The topological polar surface area (TPSA) is 90.7 Å². The molecule has 58 valence electrons. The van der Waals surface area contributed by atoms with Gasteiger partial charge in [0.05, 0.1) is 6.42 Å². The third kappa shape index (κ3) is 5.01. The molecule has 0 spiro atoms. The van der Waals surface area contributed by atoms with Gasteiger partial charge in [0.25, 0.3) is 0 Å². The average Bonchev–Trinajstić information content (AvgIpc) is 1.98. The molecule has 3 N–H and O–H groups in total. The first-order valence-electron chi connectivity index (χ1n) is 2.53. The minimum Gasteiger partial charge on any atom is -0.374 e. The fraction of sp³-hybridized carbons (Fsp3) is 0.500. The number of nitrogens with one attached hydrogen (secondary N) is 1. The second-order valence-corrected chi connectivity index (χ2v) is 1.35. The van der Waals surface area contributed by atoms with E-state index >= 15 is 0 Å². The Morgan fingerprint density at radius 3 is 2.90 bits per heavy atom. The third-order valence-corrected chi connectivity index (χ3v) is 0.694. The molecule has 6 heteroatoms.